The third kappa shape index (κ3) is 5.77. The lowest BCUT2D eigenvalue weighted by atomic mass is 9.76. The Kier molecular flexibility index (Phi) is 7.71. The second kappa shape index (κ2) is 10.0. The van der Waals surface area contributed by atoms with E-state index in [0.717, 1.165) is 25.0 Å². The molecule has 2 atom stereocenters. The van der Waals surface area contributed by atoms with Crippen LogP contribution in [0.25, 0.3) is 0 Å². The van der Waals surface area contributed by atoms with Crippen LogP contribution in [0.15, 0.2) is 30.3 Å². The molecule has 1 aromatic carbocycles. The van der Waals surface area contributed by atoms with Gasteiger partial charge in [-0.1, -0.05) is 44.2 Å². The smallest absolute Gasteiger partial charge is 0.0700 e. The molecule has 0 amide bonds. The average molecular weight is 375 g/mol. The van der Waals surface area contributed by atoms with E-state index in [1.54, 1.807) is 7.11 Å². The number of methoxy groups -OCH3 is 1. The molecule has 4 heteroatoms. The molecule has 0 N–H and O–H groups in total. The SMILES string of the molecule is COCCOCCN1CC2CN(CC(C)C)CC2(CCc2ccccc2)C1. The Morgan fingerprint density at radius 2 is 1.78 bits per heavy atom. The van der Waals surface area contributed by atoms with Crippen LogP contribution in [-0.2, 0) is 15.9 Å². The van der Waals surface area contributed by atoms with Gasteiger partial charge in [0, 0.05) is 51.8 Å². The topological polar surface area (TPSA) is 24.9 Å². The summed E-state index contributed by atoms with van der Waals surface area (Å²) in [5, 5.41) is 0. The van der Waals surface area contributed by atoms with Crippen LogP contribution in [0.3, 0.4) is 0 Å². The van der Waals surface area contributed by atoms with Crippen LogP contribution >= 0.6 is 0 Å². The van der Waals surface area contributed by atoms with Crippen molar-refractivity contribution in [1.82, 2.24) is 9.80 Å². The molecule has 27 heavy (non-hydrogen) atoms. The molecular formula is C23H38N2O2. The summed E-state index contributed by atoms with van der Waals surface area (Å²) in [6.45, 7) is 14.2. The van der Waals surface area contributed by atoms with Crippen molar-refractivity contribution in [2.45, 2.75) is 26.7 Å². The molecule has 2 unspecified atom stereocenters. The number of benzene rings is 1. The minimum Gasteiger partial charge on any atom is -0.382 e. The van der Waals surface area contributed by atoms with Gasteiger partial charge in [-0.2, -0.15) is 0 Å². The summed E-state index contributed by atoms with van der Waals surface area (Å²) >= 11 is 0. The monoisotopic (exact) mass is 374 g/mol. The molecule has 0 spiro atoms. The summed E-state index contributed by atoms with van der Waals surface area (Å²) in [5.74, 6) is 1.55. The maximum Gasteiger partial charge on any atom is 0.0700 e. The Labute approximate surface area is 165 Å². The molecule has 0 aliphatic carbocycles. The minimum absolute atomic E-state index is 0.456. The van der Waals surface area contributed by atoms with E-state index in [0.29, 0.717) is 18.6 Å². The number of likely N-dealkylation sites (tertiary alicyclic amines) is 2. The summed E-state index contributed by atoms with van der Waals surface area (Å²) in [6.07, 6.45) is 2.50. The van der Waals surface area contributed by atoms with Gasteiger partial charge in [0.25, 0.3) is 0 Å². The largest absolute Gasteiger partial charge is 0.382 e. The first-order valence-corrected chi connectivity index (χ1v) is 10.7. The predicted molar refractivity (Wildman–Crippen MR) is 111 cm³/mol. The molecule has 0 aromatic heterocycles. The van der Waals surface area contributed by atoms with Crippen molar-refractivity contribution in [3.8, 4) is 0 Å². The van der Waals surface area contributed by atoms with E-state index in [1.807, 2.05) is 0 Å². The van der Waals surface area contributed by atoms with Crippen molar-refractivity contribution in [3.05, 3.63) is 35.9 Å². The van der Waals surface area contributed by atoms with Crippen LogP contribution < -0.4 is 0 Å². The number of hydrogen-bond acceptors (Lipinski definition) is 4. The maximum absolute atomic E-state index is 5.72. The van der Waals surface area contributed by atoms with Crippen molar-refractivity contribution >= 4 is 0 Å². The van der Waals surface area contributed by atoms with Crippen LogP contribution in [0.2, 0.25) is 0 Å². The summed E-state index contributed by atoms with van der Waals surface area (Å²) in [7, 11) is 1.73. The van der Waals surface area contributed by atoms with Gasteiger partial charge in [-0.25, -0.2) is 0 Å². The quantitative estimate of drug-likeness (QED) is 0.556. The number of fused-ring (bicyclic) bond motifs is 1. The van der Waals surface area contributed by atoms with Gasteiger partial charge >= 0.3 is 0 Å². The lowest BCUT2D eigenvalue weighted by Crippen LogP contribution is -2.37. The summed E-state index contributed by atoms with van der Waals surface area (Å²) in [6, 6.07) is 11.0. The fourth-order valence-corrected chi connectivity index (χ4v) is 5.06. The van der Waals surface area contributed by atoms with Crippen molar-refractivity contribution in [1.29, 1.82) is 0 Å². The molecule has 2 saturated heterocycles. The zero-order valence-corrected chi connectivity index (χ0v) is 17.5. The fraction of sp³-hybridized carbons (Fsp3) is 0.739. The lowest BCUT2D eigenvalue weighted by Gasteiger charge is -2.30. The van der Waals surface area contributed by atoms with Gasteiger partial charge in [-0.3, -0.25) is 0 Å². The molecule has 2 aliphatic heterocycles. The van der Waals surface area contributed by atoms with Crippen LogP contribution in [0.4, 0.5) is 0 Å². The maximum atomic E-state index is 5.72. The Morgan fingerprint density at radius 3 is 2.52 bits per heavy atom. The van der Waals surface area contributed by atoms with Crippen molar-refractivity contribution < 1.29 is 9.47 Å². The van der Waals surface area contributed by atoms with Crippen molar-refractivity contribution in [3.63, 3.8) is 0 Å². The Balaban J connectivity index is 1.57. The molecular weight excluding hydrogens is 336 g/mol. The van der Waals surface area contributed by atoms with Gasteiger partial charge < -0.3 is 19.3 Å². The molecule has 2 fully saturated rings. The Morgan fingerprint density at radius 1 is 1.04 bits per heavy atom. The third-order valence-electron chi connectivity index (χ3n) is 6.26. The average Bonchev–Trinajstić information content (AvgIpc) is 3.13. The second-order valence-corrected chi connectivity index (χ2v) is 8.97. The zero-order chi connectivity index (χ0) is 19.1. The standard InChI is InChI=1S/C23H38N2O2/c1-20(2)15-25-17-22-16-24(11-12-27-14-13-26-3)18-23(22,19-25)10-9-21-7-5-4-6-8-21/h4-8,20,22H,9-19H2,1-3H3. The number of aryl methyl sites for hydroxylation is 1. The number of nitrogens with zero attached hydrogens (tertiary/aromatic N) is 2. The van der Waals surface area contributed by atoms with E-state index >= 15 is 0 Å². The molecule has 0 bridgehead atoms. The molecule has 152 valence electrons. The van der Waals surface area contributed by atoms with Gasteiger partial charge in [0.2, 0.25) is 0 Å². The highest BCUT2D eigenvalue weighted by Gasteiger charge is 2.51. The fourth-order valence-electron chi connectivity index (χ4n) is 5.06. The van der Waals surface area contributed by atoms with Gasteiger partial charge in [-0.05, 0) is 30.2 Å². The summed E-state index contributed by atoms with van der Waals surface area (Å²) in [5.41, 5.74) is 1.94. The first kappa shape index (κ1) is 20.8. The molecule has 0 radical (unpaired) electrons. The summed E-state index contributed by atoms with van der Waals surface area (Å²) in [4.78, 5) is 5.38. The number of hydrogen-bond donors (Lipinski definition) is 0. The molecule has 2 aliphatic rings. The highest BCUT2D eigenvalue weighted by molar-refractivity contribution is 5.16. The molecule has 2 heterocycles. The van der Waals surface area contributed by atoms with Crippen LogP contribution in [0.1, 0.15) is 25.8 Å². The van der Waals surface area contributed by atoms with E-state index in [2.05, 4.69) is 54.0 Å². The molecule has 1 aromatic rings. The first-order valence-electron chi connectivity index (χ1n) is 10.7. The van der Waals surface area contributed by atoms with Gasteiger partial charge in [0.1, 0.15) is 0 Å². The van der Waals surface area contributed by atoms with E-state index < -0.39 is 0 Å². The minimum atomic E-state index is 0.456. The van der Waals surface area contributed by atoms with Crippen LogP contribution in [0.5, 0.6) is 0 Å². The van der Waals surface area contributed by atoms with E-state index in [1.165, 1.54) is 51.1 Å². The highest BCUT2D eigenvalue weighted by atomic mass is 16.5. The molecule has 4 nitrogen and oxygen atoms in total. The van der Waals surface area contributed by atoms with Crippen LogP contribution in [-0.4, -0.2) is 76.0 Å². The molecule has 0 saturated carbocycles. The van der Waals surface area contributed by atoms with E-state index in [-0.39, 0.29) is 0 Å². The Bertz CT molecular complexity index is 551. The van der Waals surface area contributed by atoms with Gasteiger partial charge in [0.05, 0.1) is 19.8 Å². The van der Waals surface area contributed by atoms with Crippen LogP contribution in [0, 0.1) is 17.3 Å². The molecule has 3 rings (SSSR count). The highest BCUT2D eigenvalue weighted by Crippen LogP contribution is 2.45. The number of ether oxygens (including phenoxy) is 2. The van der Waals surface area contributed by atoms with E-state index in [9.17, 15) is 0 Å². The number of rotatable bonds is 11. The van der Waals surface area contributed by atoms with Gasteiger partial charge in [-0.15, -0.1) is 0 Å². The summed E-state index contributed by atoms with van der Waals surface area (Å²) < 4.78 is 10.8. The van der Waals surface area contributed by atoms with Crippen molar-refractivity contribution in [2.75, 3.05) is 66.2 Å². The van der Waals surface area contributed by atoms with Crippen molar-refractivity contribution in [2.24, 2.45) is 17.3 Å². The second-order valence-electron chi connectivity index (χ2n) is 8.97. The Hall–Kier alpha value is -0.940. The van der Waals surface area contributed by atoms with Gasteiger partial charge in [0.15, 0.2) is 0 Å². The predicted octanol–water partition coefficient (Wildman–Crippen LogP) is 3.17. The van der Waals surface area contributed by atoms with E-state index in [4.69, 9.17) is 9.47 Å². The first-order chi connectivity index (χ1) is 13.1. The lowest BCUT2D eigenvalue weighted by molar-refractivity contribution is 0.0574. The zero-order valence-electron chi connectivity index (χ0n) is 17.5. The third-order valence-corrected chi connectivity index (χ3v) is 6.26. The normalized spacial score (nSPS) is 26.1.